The standard InChI is InChI=1S/C11H18N2O3S/c1-3-6-13(8-11(15)16-4-2)10(14)9-17-7-5-12/h3-4,6-9H2,1-2H3. The van der Waals surface area contributed by atoms with Gasteiger partial charge in [-0.25, -0.2) is 0 Å². The van der Waals surface area contributed by atoms with Gasteiger partial charge in [0.25, 0.3) is 0 Å². The zero-order chi connectivity index (χ0) is 13.1. The predicted molar refractivity (Wildman–Crippen MR) is 66.4 cm³/mol. The van der Waals surface area contributed by atoms with Crippen LogP contribution in [0.4, 0.5) is 0 Å². The summed E-state index contributed by atoms with van der Waals surface area (Å²) in [6, 6.07) is 1.96. The molecular weight excluding hydrogens is 240 g/mol. The van der Waals surface area contributed by atoms with Crippen LogP contribution in [0, 0.1) is 11.3 Å². The van der Waals surface area contributed by atoms with Gasteiger partial charge in [0.2, 0.25) is 5.91 Å². The number of nitriles is 1. The molecule has 0 aliphatic heterocycles. The Morgan fingerprint density at radius 1 is 1.41 bits per heavy atom. The fourth-order valence-electron chi connectivity index (χ4n) is 1.20. The third kappa shape index (κ3) is 7.64. The van der Waals surface area contributed by atoms with Gasteiger partial charge in [0, 0.05) is 6.54 Å². The fraction of sp³-hybridized carbons (Fsp3) is 0.727. The lowest BCUT2D eigenvalue weighted by molar-refractivity contribution is -0.148. The quantitative estimate of drug-likeness (QED) is 0.480. The molecule has 0 rings (SSSR count). The predicted octanol–water partition coefficient (Wildman–Crippen LogP) is 1.04. The van der Waals surface area contributed by atoms with Crippen molar-refractivity contribution in [1.29, 1.82) is 5.26 Å². The van der Waals surface area contributed by atoms with Crippen molar-refractivity contribution in [3.05, 3.63) is 0 Å². The molecule has 0 N–H and O–H groups in total. The van der Waals surface area contributed by atoms with E-state index < -0.39 is 0 Å². The first kappa shape index (κ1) is 15.8. The number of esters is 1. The molecule has 0 aliphatic rings. The second-order valence-electron chi connectivity index (χ2n) is 3.27. The molecule has 0 aliphatic carbocycles. The van der Waals surface area contributed by atoms with E-state index in [1.54, 1.807) is 6.92 Å². The summed E-state index contributed by atoms with van der Waals surface area (Å²) in [5, 5.41) is 8.37. The minimum Gasteiger partial charge on any atom is -0.465 e. The van der Waals surface area contributed by atoms with Crippen molar-refractivity contribution in [2.75, 3.05) is 31.2 Å². The molecule has 0 unspecified atom stereocenters. The summed E-state index contributed by atoms with van der Waals surface area (Å²) in [5.41, 5.74) is 0. The summed E-state index contributed by atoms with van der Waals surface area (Å²) >= 11 is 1.25. The highest BCUT2D eigenvalue weighted by atomic mass is 32.2. The van der Waals surface area contributed by atoms with Crippen LogP contribution < -0.4 is 0 Å². The first-order chi connectivity index (χ1) is 8.15. The van der Waals surface area contributed by atoms with Gasteiger partial charge in [-0.1, -0.05) is 6.92 Å². The second-order valence-corrected chi connectivity index (χ2v) is 4.26. The molecule has 0 aromatic heterocycles. The van der Waals surface area contributed by atoms with E-state index >= 15 is 0 Å². The average Bonchev–Trinajstić information content (AvgIpc) is 2.29. The van der Waals surface area contributed by atoms with Crippen LogP contribution >= 0.6 is 11.8 Å². The van der Waals surface area contributed by atoms with Crippen LogP contribution in [0.5, 0.6) is 0 Å². The summed E-state index contributed by atoms with van der Waals surface area (Å²) in [6.45, 7) is 4.51. The molecule has 96 valence electrons. The summed E-state index contributed by atoms with van der Waals surface area (Å²) in [7, 11) is 0. The van der Waals surface area contributed by atoms with Gasteiger partial charge in [-0.3, -0.25) is 9.59 Å². The van der Waals surface area contributed by atoms with Crippen LogP contribution in [0.2, 0.25) is 0 Å². The van der Waals surface area contributed by atoms with Crippen molar-refractivity contribution in [2.45, 2.75) is 20.3 Å². The van der Waals surface area contributed by atoms with Gasteiger partial charge in [0.1, 0.15) is 6.54 Å². The smallest absolute Gasteiger partial charge is 0.325 e. The number of nitrogens with zero attached hydrogens (tertiary/aromatic N) is 2. The van der Waals surface area contributed by atoms with E-state index in [9.17, 15) is 9.59 Å². The lowest BCUT2D eigenvalue weighted by Gasteiger charge is -2.20. The van der Waals surface area contributed by atoms with E-state index in [1.165, 1.54) is 16.7 Å². The number of thioether (sulfide) groups is 1. The van der Waals surface area contributed by atoms with Crippen LogP contribution in [0.3, 0.4) is 0 Å². The molecule has 0 spiro atoms. The zero-order valence-corrected chi connectivity index (χ0v) is 11.1. The van der Waals surface area contributed by atoms with Gasteiger partial charge < -0.3 is 9.64 Å². The Morgan fingerprint density at radius 2 is 2.12 bits per heavy atom. The van der Waals surface area contributed by atoms with E-state index in [0.29, 0.717) is 13.2 Å². The Hall–Kier alpha value is -1.22. The molecule has 1 amide bonds. The highest BCUT2D eigenvalue weighted by molar-refractivity contribution is 8.00. The normalized spacial score (nSPS) is 9.47. The topological polar surface area (TPSA) is 70.4 Å². The number of hydrogen-bond acceptors (Lipinski definition) is 5. The number of amides is 1. The van der Waals surface area contributed by atoms with E-state index in [4.69, 9.17) is 10.00 Å². The summed E-state index contributed by atoms with van der Waals surface area (Å²) in [4.78, 5) is 24.5. The SMILES string of the molecule is CCCN(CC(=O)OCC)C(=O)CSCC#N. The van der Waals surface area contributed by atoms with Crippen LogP contribution in [0.25, 0.3) is 0 Å². The first-order valence-corrected chi connectivity index (χ1v) is 6.69. The van der Waals surface area contributed by atoms with E-state index in [0.717, 1.165) is 6.42 Å². The third-order valence-electron chi connectivity index (χ3n) is 1.86. The van der Waals surface area contributed by atoms with Gasteiger partial charge in [-0.05, 0) is 13.3 Å². The zero-order valence-electron chi connectivity index (χ0n) is 10.3. The maximum absolute atomic E-state index is 11.7. The number of carbonyl (C=O) groups excluding carboxylic acids is 2. The molecule has 0 bridgehead atoms. The van der Waals surface area contributed by atoms with Gasteiger partial charge >= 0.3 is 5.97 Å². The molecule has 0 saturated carbocycles. The largest absolute Gasteiger partial charge is 0.465 e. The van der Waals surface area contributed by atoms with Crippen LogP contribution in [-0.4, -0.2) is 48.0 Å². The molecule has 0 aromatic rings. The number of ether oxygens (including phenoxy) is 1. The Labute approximate surface area is 106 Å². The lowest BCUT2D eigenvalue weighted by Crippen LogP contribution is -2.38. The minimum absolute atomic E-state index is 0.00632. The lowest BCUT2D eigenvalue weighted by atomic mass is 10.4. The first-order valence-electron chi connectivity index (χ1n) is 5.53. The third-order valence-corrected chi connectivity index (χ3v) is 2.65. The van der Waals surface area contributed by atoms with Gasteiger partial charge in [-0.2, -0.15) is 5.26 Å². The van der Waals surface area contributed by atoms with Crippen molar-refractivity contribution >= 4 is 23.6 Å². The van der Waals surface area contributed by atoms with Crippen LogP contribution in [0.15, 0.2) is 0 Å². The number of carbonyl (C=O) groups is 2. The maximum atomic E-state index is 11.7. The molecule has 5 nitrogen and oxygen atoms in total. The molecule has 0 aromatic carbocycles. The Kier molecular flexibility index (Phi) is 9.25. The highest BCUT2D eigenvalue weighted by Gasteiger charge is 2.16. The van der Waals surface area contributed by atoms with Crippen LogP contribution in [-0.2, 0) is 14.3 Å². The minimum atomic E-state index is -0.389. The highest BCUT2D eigenvalue weighted by Crippen LogP contribution is 2.03. The molecular formula is C11H18N2O3S. The second kappa shape index (κ2) is 9.97. The van der Waals surface area contributed by atoms with E-state index in [1.807, 2.05) is 13.0 Å². The Bertz CT molecular complexity index is 289. The van der Waals surface area contributed by atoms with Gasteiger partial charge in [0.05, 0.1) is 24.2 Å². The van der Waals surface area contributed by atoms with Crippen molar-refractivity contribution in [3.8, 4) is 6.07 Å². The molecule has 0 saturated heterocycles. The fourth-order valence-corrected chi connectivity index (χ4v) is 1.75. The summed E-state index contributed by atoms with van der Waals surface area (Å²) in [5.74, 6) is -0.00215. The molecule has 0 radical (unpaired) electrons. The molecule has 6 heteroatoms. The molecule has 0 fully saturated rings. The monoisotopic (exact) mass is 258 g/mol. The Balaban J connectivity index is 4.16. The number of hydrogen-bond donors (Lipinski definition) is 0. The molecule has 0 heterocycles. The van der Waals surface area contributed by atoms with E-state index in [2.05, 4.69) is 0 Å². The van der Waals surface area contributed by atoms with Crippen molar-refractivity contribution in [3.63, 3.8) is 0 Å². The molecule has 0 atom stereocenters. The average molecular weight is 258 g/mol. The van der Waals surface area contributed by atoms with Crippen molar-refractivity contribution in [2.24, 2.45) is 0 Å². The number of rotatable bonds is 8. The summed E-state index contributed by atoms with van der Waals surface area (Å²) < 4.78 is 4.80. The molecule has 17 heavy (non-hydrogen) atoms. The van der Waals surface area contributed by atoms with Gasteiger partial charge in [-0.15, -0.1) is 11.8 Å². The van der Waals surface area contributed by atoms with Crippen LogP contribution in [0.1, 0.15) is 20.3 Å². The van der Waals surface area contributed by atoms with E-state index in [-0.39, 0.29) is 29.9 Å². The maximum Gasteiger partial charge on any atom is 0.325 e. The van der Waals surface area contributed by atoms with Gasteiger partial charge in [0.15, 0.2) is 0 Å². The summed E-state index contributed by atoms with van der Waals surface area (Å²) in [6.07, 6.45) is 0.786. The van der Waals surface area contributed by atoms with Crippen molar-refractivity contribution in [1.82, 2.24) is 4.90 Å². The van der Waals surface area contributed by atoms with Crippen molar-refractivity contribution < 1.29 is 14.3 Å². The Morgan fingerprint density at radius 3 is 2.65 bits per heavy atom.